The first-order valence-electron chi connectivity index (χ1n) is 6.25. The molecule has 0 amide bonds. The summed E-state index contributed by atoms with van der Waals surface area (Å²) >= 11 is 0. The molecular weight excluding hydrogens is 228 g/mol. The Morgan fingerprint density at radius 3 is 2.78 bits per heavy atom. The van der Waals surface area contributed by atoms with Gasteiger partial charge in [0.25, 0.3) is 0 Å². The van der Waals surface area contributed by atoms with Gasteiger partial charge < -0.3 is 9.30 Å². The predicted octanol–water partition coefficient (Wildman–Crippen LogP) is 2.72. The van der Waals surface area contributed by atoms with Crippen molar-refractivity contribution in [1.82, 2.24) is 9.55 Å². The van der Waals surface area contributed by atoms with Crippen LogP contribution in [0.1, 0.15) is 32.6 Å². The highest BCUT2D eigenvalue weighted by molar-refractivity contribution is 5.78. The highest BCUT2D eigenvalue weighted by Crippen LogP contribution is 2.21. The summed E-state index contributed by atoms with van der Waals surface area (Å²) in [6.45, 7) is 6.38. The number of imidazole rings is 1. The third-order valence-corrected chi connectivity index (χ3v) is 2.79. The Hall–Kier alpha value is -1.84. The predicted molar refractivity (Wildman–Crippen MR) is 70.5 cm³/mol. The monoisotopic (exact) mass is 246 g/mol. The van der Waals surface area contributed by atoms with E-state index in [9.17, 15) is 4.79 Å². The summed E-state index contributed by atoms with van der Waals surface area (Å²) in [6.07, 6.45) is 0.223. The highest BCUT2D eigenvalue weighted by Gasteiger charge is 2.16. The summed E-state index contributed by atoms with van der Waals surface area (Å²) in [6, 6.07) is 8.19. The van der Waals surface area contributed by atoms with E-state index < -0.39 is 0 Å². The van der Waals surface area contributed by atoms with Gasteiger partial charge >= 0.3 is 5.97 Å². The average Bonchev–Trinajstić information content (AvgIpc) is 2.66. The molecule has 0 fully saturated rings. The first kappa shape index (κ1) is 12.6. The molecule has 0 unspecified atom stereocenters. The number of rotatable bonds is 4. The second-order valence-corrected chi connectivity index (χ2v) is 4.46. The minimum Gasteiger partial charge on any atom is -0.466 e. The van der Waals surface area contributed by atoms with Crippen LogP contribution in [0.25, 0.3) is 11.0 Å². The normalized spacial score (nSPS) is 11.1. The van der Waals surface area contributed by atoms with Crippen LogP contribution in [-0.2, 0) is 16.0 Å². The number of ether oxygens (including phenoxy) is 1. The van der Waals surface area contributed by atoms with Gasteiger partial charge in [0, 0.05) is 6.04 Å². The van der Waals surface area contributed by atoms with Crippen molar-refractivity contribution in [2.75, 3.05) is 6.61 Å². The molecule has 2 rings (SSSR count). The van der Waals surface area contributed by atoms with E-state index in [0.29, 0.717) is 6.61 Å². The summed E-state index contributed by atoms with van der Waals surface area (Å²) in [5.74, 6) is 0.541. The lowest BCUT2D eigenvalue weighted by Gasteiger charge is -2.12. The maximum absolute atomic E-state index is 11.6. The van der Waals surface area contributed by atoms with Crippen molar-refractivity contribution in [3.8, 4) is 0 Å². The molecular formula is C14H18N2O2. The molecule has 0 N–H and O–H groups in total. The SMILES string of the molecule is CCOC(=O)Cc1nc2ccccc2n1C(C)C. The molecule has 0 spiro atoms. The van der Waals surface area contributed by atoms with Crippen LogP contribution < -0.4 is 0 Å². The molecule has 4 heteroatoms. The molecule has 0 saturated carbocycles. The van der Waals surface area contributed by atoms with Crippen molar-refractivity contribution in [2.45, 2.75) is 33.2 Å². The summed E-state index contributed by atoms with van der Waals surface area (Å²) in [5.41, 5.74) is 1.98. The van der Waals surface area contributed by atoms with Crippen molar-refractivity contribution in [3.63, 3.8) is 0 Å². The van der Waals surface area contributed by atoms with Gasteiger partial charge in [0.2, 0.25) is 0 Å². The first-order chi connectivity index (χ1) is 8.63. The molecule has 96 valence electrons. The van der Waals surface area contributed by atoms with Gasteiger partial charge in [0.05, 0.1) is 17.6 Å². The molecule has 1 aromatic heterocycles. The summed E-state index contributed by atoms with van der Waals surface area (Å²) in [7, 11) is 0. The van der Waals surface area contributed by atoms with Gasteiger partial charge in [-0.2, -0.15) is 0 Å². The fourth-order valence-corrected chi connectivity index (χ4v) is 2.14. The Labute approximate surface area is 107 Å². The zero-order valence-electron chi connectivity index (χ0n) is 11.0. The number of para-hydroxylation sites is 2. The summed E-state index contributed by atoms with van der Waals surface area (Å²) < 4.78 is 7.07. The van der Waals surface area contributed by atoms with E-state index in [1.807, 2.05) is 31.2 Å². The Kier molecular flexibility index (Phi) is 3.65. The zero-order chi connectivity index (χ0) is 13.1. The molecule has 0 aliphatic heterocycles. The van der Waals surface area contributed by atoms with Gasteiger partial charge in [-0.3, -0.25) is 4.79 Å². The van der Waals surface area contributed by atoms with Crippen molar-refractivity contribution in [1.29, 1.82) is 0 Å². The van der Waals surface area contributed by atoms with Crippen molar-refractivity contribution < 1.29 is 9.53 Å². The second kappa shape index (κ2) is 5.21. The largest absolute Gasteiger partial charge is 0.466 e. The van der Waals surface area contributed by atoms with Crippen LogP contribution in [0.2, 0.25) is 0 Å². The van der Waals surface area contributed by atoms with Gasteiger partial charge in [-0.1, -0.05) is 12.1 Å². The van der Waals surface area contributed by atoms with E-state index in [4.69, 9.17) is 4.74 Å². The van der Waals surface area contributed by atoms with Gasteiger partial charge in [0.15, 0.2) is 0 Å². The van der Waals surface area contributed by atoms with E-state index in [1.165, 1.54) is 0 Å². The highest BCUT2D eigenvalue weighted by atomic mass is 16.5. The second-order valence-electron chi connectivity index (χ2n) is 4.46. The Bertz CT molecular complexity index is 558. The Morgan fingerprint density at radius 1 is 1.39 bits per heavy atom. The summed E-state index contributed by atoms with van der Waals surface area (Å²) in [5, 5.41) is 0. The van der Waals surface area contributed by atoms with Gasteiger partial charge in [-0.15, -0.1) is 0 Å². The number of hydrogen-bond donors (Lipinski definition) is 0. The zero-order valence-corrected chi connectivity index (χ0v) is 11.0. The smallest absolute Gasteiger partial charge is 0.313 e. The summed E-state index contributed by atoms with van der Waals surface area (Å²) in [4.78, 5) is 16.1. The van der Waals surface area contributed by atoms with Gasteiger partial charge in [0.1, 0.15) is 12.2 Å². The molecule has 0 saturated heterocycles. The standard InChI is InChI=1S/C14H18N2O2/c1-4-18-14(17)9-13-15-11-7-5-6-8-12(11)16(13)10(2)3/h5-8,10H,4,9H2,1-3H3. The number of aromatic nitrogens is 2. The molecule has 0 bridgehead atoms. The maximum Gasteiger partial charge on any atom is 0.313 e. The first-order valence-corrected chi connectivity index (χ1v) is 6.25. The van der Waals surface area contributed by atoms with Crippen LogP contribution in [0.3, 0.4) is 0 Å². The third kappa shape index (κ3) is 2.37. The van der Waals surface area contributed by atoms with Gasteiger partial charge in [-0.25, -0.2) is 4.98 Å². The molecule has 0 atom stereocenters. The van der Waals surface area contributed by atoms with Crippen molar-refractivity contribution >= 4 is 17.0 Å². The number of esters is 1. The number of fused-ring (bicyclic) bond motifs is 1. The van der Waals surface area contributed by atoms with Crippen LogP contribution in [0.5, 0.6) is 0 Å². The van der Waals surface area contributed by atoms with Gasteiger partial charge in [-0.05, 0) is 32.9 Å². The molecule has 18 heavy (non-hydrogen) atoms. The van der Waals surface area contributed by atoms with E-state index in [0.717, 1.165) is 16.9 Å². The Balaban J connectivity index is 2.43. The van der Waals surface area contributed by atoms with Crippen LogP contribution >= 0.6 is 0 Å². The topological polar surface area (TPSA) is 44.1 Å². The number of carbonyl (C=O) groups is 1. The lowest BCUT2D eigenvalue weighted by atomic mass is 10.3. The lowest BCUT2D eigenvalue weighted by molar-refractivity contribution is -0.142. The molecule has 4 nitrogen and oxygen atoms in total. The van der Waals surface area contributed by atoms with Crippen LogP contribution in [0.4, 0.5) is 0 Å². The van der Waals surface area contributed by atoms with E-state index in [2.05, 4.69) is 23.4 Å². The third-order valence-electron chi connectivity index (χ3n) is 2.79. The van der Waals surface area contributed by atoms with E-state index in [1.54, 1.807) is 0 Å². The maximum atomic E-state index is 11.6. The van der Waals surface area contributed by atoms with Crippen LogP contribution in [0.15, 0.2) is 24.3 Å². The molecule has 0 aliphatic carbocycles. The number of nitrogens with zero attached hydrogens (tertiary/aromatic N) is 2. The number of hydrogen-bond acceptors (Lipinski definition) is 3. The van der Waals surface area contributed by atoms with E-state index in [-0.39, 0.29) is 18.4 Å². The van der Waals surface area contributed by atoms with E-state index >= 15 is 0 Å². The molecule has 1 aromatic carbocycles. The number of carbonyl (C=O) groups excluding carboxylic acids is 1. The van der Waals surface area contributed by atoms with Crippen molar-refractivity contribution in [2.24, 2.45) is 0 Å². The minimum atomic E-state index is -0.227. The average molecular weight is 246 g/mol. The molecule has 0 radical (unpaired) electrons. The number of benzene rings is 1. The fourth-order valence-electron chi connectivity index (χ4n) is 2.14. The quantitative estimate of drug-likeness (QED) is 0.779. The fraction of sp³-hybridized carbons (Fsp3) is 0.429. The lowest BCUT2D eigenvalue weighted by Crippen LogP contribution is -2.14. The molecule has 0 aliphatic rings. The minimum absolute atomic E-state index is 0.223. The molecule has 2 aromatic rings. The Morgan fingerprint density at radius 2 is 2.11 bits per heavy atom. The molecule has 1 heterocycles. The van der Waals surface area contributed by atoms with Crippen molar-refractivity contribution in [3.05, 3.63) is 30.1 Å². The van der Waals surface area contributed by atoms with Crippen LogP contribution in [0, 0.1) is 0 Å². The van der Waals surface area contributed by atoms with Crippen LogP contribution in [-0.4, -0.2) is 22.1 Å².